The van der Waals surface area contributed by atoms with E-state index in [1.54, 1.807) is 37.4 Å². The second-order valence-corrected chi connectivity index (χ2v) is 8.13. The number of nitrogens with one attached hydrogen (secondary N) is 2. The molecule has 2 amide bonds. The van der Waals surface area contributed by atoms with Gasteiger partial charge < -0.3 is 20.1 Å². The molecule has 0 unspecified atom stereocenters. The molecule has 182 valence electrons. The minimum Gasteiger partial charge on any atom is -0.497 e. The Morgan fingerprint density at radius 3 is 2.25 bits per heavy atom. The first-order valence-electron chi connectivity index (χ1n) is 11.5. The number of amides is 2. The topological polar surface area (TPSA) is 93.7 Å². The number of para-hydroxylation sites is 1. The lowest BCUT2D eigenvalue weighted by Gasteiger charge is -2.11. The molecule has 0 aliphatic carbocycles. The highest BCUT2D eigenvalue weighted by Crippen LogP contribution is 2.20. The maximum atomic E-state index is 12.7. The van der Waals surface area contributed by atoms with Gasteiger partial charge in [0.25, 0.3) is 5.91 Å². The second kappa shape index (κ2) is 11.7. The number of carbonyl (C=O) groups is 3. The van der Waals surface area contributed by atoms with Crippen LogP contribution in [0.1, 0.15) is 22.3 Å². The summed E-state index contributed by atoms with van der Waals surface area (Å²) in [5.41, 5.74) is 2.11. The molecule has 0 heterocycles. The van der Waals surface area contributed by atoms with Gasteiger partial charge in [-0.25, -0.2) is 4.79 Å². The SMILES string of the molecule is COc1ccc(CCC(=O)Nc2ccccc2C(=O)OCC(=O)Nc2ccc3ccccc3c2)cc1. The number of fused-ring (bicyclic) bond motifs is 1. The van der Waals surface area contributed by atoms with Crippen LogP contribution >= 0.6 is 0 Å². The Morgan fingerprint density at radius 1 is 0.750 bits per heavy atom. The number of aryl methyl sites for hydroxylation is 1. The number of ether oxygens (including phenoxy) is 2. The molecule has 7 heteroatoms. The molecular weight excluding hydrogens is 456 g/mol. The average Bonchev–Trinajstić information content (AvgIpc) is 2.91. The van der Waals surface area contributed by atoms with E-state index in [-0.39, 0.29) is 17.9 Å². The Balaban J connectivity index is 1.30. The third-order valence-corrected chi connectivity index (χ3v) is 5.59. The summed E-state index contributed by atoms with van der Waals surface area (Å²) in [7, 11) is 1.60. The Morgan fingerprint density at radius 2 is 1.47 bits per heavy atom. The summed E-state index contributed by atoms with van der Waals surface area (Å²) >= 11 is 0. The molecule has 0 spiro atoms. The molecule has 0 aliphatic heterocycles. The van der Waals surface area contributed by atoms with Gasteiger partial charge >= 0.3 is 5.97 Å². The average molecular weight is 483 g/mol. The van der Waals surface area contributed by atoms with Crippen molar-refractivity contribution in [3.05, 3.63) is 102 Å². The summed E-state index contributed by atoms with van der Waals surface area (Å²) < 4.78 is 10.3. The number of carbonyl (C=O) groups excluding carboxylic acids is 3. The monoisotopic (exact) mass is 482 g/mol. The van der Waals surface area contributed by atoms with Crippen molar-refractivity contribution in [2.24, 2.45) is 0 Å². The summed E-state index contributed by atoms with van der Waals surface area (Å²) in [5, 5.41) is 7.55. The molecular formula is C29H26N2O5. The summed E-state index contributed by atoms with van der Waals surface area (Å²) in [6.45, 7) is -0.453. The van der Waals surface area contributed by atoms with E-state index < -0.39 is 18.5 Å². The van der Waals surface area contributed by atoms with Crippen LogP contribution in [-0.2, 0) is 20.7 Å². The fourth-order valence-electron chi connectivity index (χ4n) is 3.71. The van der Waals surface area contributed by atoms with Crippen molar-refractivity contribution in [3.63, 3.8) is 0 Å². The zero-order valence-electron chi connectivity index (χ0n) is 19.8. The van der Waals surface area contributed by atoms with Crippen molar-refractivity contribution in [2.75, 3.05) is 24.4 Å². The molecule has 0 saturated heterocycles. The maximum Gasteiger partial charge on any atom is 0.340 e. The molecule has 36 heavy (non-hydrogen) atoms. The normalized spacial score (nSPS) is 10.5. The Labute approximate surface area is 209 Å². The second-order valence-electron chi connectivity index (χ2n) is 8.13. The van der Waals surface area contributed by atoms with Crippen LogP contribution in [0, 0.1) is 0 Å². The number of esters is 1. The van der Waals surface area contributed by atoms with Crippen molar-refractivity contribution >= 4 is 39.9 Å². The maximum absolute atomic E-state index is 12.7. The van der Waals surface area contributed by atoms with E-state index in [4.69, 9.17) is 9.47 Å². The van der Waals surface area contributed by atoms with E-state index in [0.29, 0.717) is 17.8 Å². The molecule has 0 saturated carbocycles. The Hall–Kier alpha value is -4.65. The molecule has 0 radical (unpaired) electrons. The minimum absolute atomic E-state index is 0.175. The number of rotatable bonds is 9. The van der Waals surface area contributed by atoms with Gasteiger partial charge in [-0.15, -0.1) is 0 Å². The number of methoxy groups -OCH3 is 1. The fraction of sp³-hybridized carbons (Fsp3) is 0.138. The lowest BCUT2D eigenvalue weighted by molar-refractivity contribution is -0.119. The summed E-state index contributed by atoms with van der Waals surface area (Å²) in [4.78, 5) is 37.5. The van der Waals surface area contributed by atoms with E-state index in [2.05, 4.69) is 10.6 Å². The van der Waals surface area contributed by atoms with E-state index in [9.17, 15) is 14.4 Å². The quantitative estimate of drug-likeness (QED) is 0.319. The number of benzene rings is 4. The third-order valence-electron chi connectivity index (χ3n) is 5.59. The van der Waals surface area contributed by atoms with E-state index in [1.807, 2.05) is 60.7 Å². The first-order chi connectivity index (χ1) is 17.5. The van der Waals surface area contributed by atoms with Gasteiger partial charge in [0, 0.05) is 12.1 Å². The minimum atomic E-state index is -0.699. The predicted octanol–water partition coefficient (Wildman–Crippen LogP) is 5.22. The molecule has 4 aromatic rings. The molecule has 0 aromatic heterocycles. The number of hydrogen-bond acceptors (Lipinski definition) is 5. The molecule has 0 bridgehead atoms. The van der Waals surface area contributed by atoms with Gasteiger partial charge in [-0.1, -0.05) is 54.6 Å². The van der Waals surface area contributed by atoms with Crippen LogP contribution in [0.3, 0.4) is 0 Å². The van der Waals surface area contributed by atoms with Crippen molar-refractivity contribution in [2.45, 2.75) is 12.8 Å². The highest BCUT2D eigenvalue weighted by molar-refractivity contribution is 6.02. The standard InChI is InChI=1S/C29H26N2O5/c1-35-24-15-10-20(11-16-24)12-17-27(32)31-26-9-5-4-8-25(26)29(34)36-19-28(33)30-23-14-13-21-6-2-3-7-22(21)18-23/h2-11,13-16,18H,12,17,19H2,1H3,(H,30,33)(H,31,32). The smallest absolute Gasteiger partial charge is 0.340 e. The number of anilines is 2. The van der Waals surface area contributed by atoms with Crippen molar-refractivity contribution in [1.29, 1.82) is 0 Å². The molecule has 0 atom stereocenters. The van der Waals surface area contributed by atoms with E-state index >= 15 is 0 Å². The van der Waals surface area contributed by atoms with Crippen LogP contribution in [-0.4, -0.2) is 31.5 Å². The molecule has 2 N–H and O–H groups in total. The molecule has 0 aliphatic rings. The summed E-state index contributed by atoms with van der Waals surface area (Å²) in [6.07, 6.45) is 0.779. The first-order valence-corrected chi connectivity index (χ1v) is 11.5. The van der Waals surface area contributed by atoms with Crippen LogP contribution < -0.4 is 15.4 Å². The molecule has 4 aromatic carbocycles. The van der Waals surface area contributed by atoms with Crippen LogP contribution in [0.5, 0.6) is 5.75 Å². The van der Waals surface area contributed by atoms with Gasteiger partial charge in [-0.3, -0.25) is 9.59 Å². The van der Waals surface area contributed by atoms with E-state index in [1.165, 1.54) is 0 Å². The van der Waals surface area contributed by atoms with Gasteiger partial charge in [0.2, 0.25) is 5.91 Å². The summed E-state index contributed by atoms with van der Waals surface area (Å²) in [6, 6.07) is 27.4. The van der Waals surface area contributed by atoms with Crippen molar-refractivity contribution in [1.82, 2.24) is 0 Å². The van der Waals surface area contributed by atoms with Crippen molar-refractivity contribution in [3.8, 4) is 5.75 Å². The number of hydrogen-bond donors (Lipinski definition) is 2. The highest BCUT2D eigenvalue weighted by atomic mass is 16.5. The molecule has 0 fully saturated rings. The van der Waals surface area contributed by atoms with Gasteiger partial charge in [0.05, 0.1) is 18.4 Å². The van der Waals surface area contributed by atoms with Crippen LogP contribution in [0.2, 0.25) is 0 Å². The first kappa shape index (κ1) is 24.5. The zero-order valence-corrected chi connectivity index (χ0v) is 19.8. The lowest BCUT2D eigenvalue weighted by Crippen LogP contribution is -2.22. The Bertz CT molecular complexity index is 1380. The zero-order chi connectivity index (χ0) is 25.3. The summed E-state index contributed by atoms with van der Waals surface area (Å²) in [5.74, 6) is -0.643. The van der Waals surface area contributed by atoms with Gasteiger partial charge in [-0.2, -0.15) is 0 Å². The lowest BCUT2D eigenvalue weighted by atomic mass is 10.1. The highest BCUT2D eigenvalue weighted by Gasteiger charge is 2.16. The van der Waals surface area contributed by atoms with Gasteiger partial charge in [0.15, 0.2) is 6.61 Å². The van der Waals surface area contributed by atoms with Gasteiger partial charge in [0.1, 0.15) is 5.75 Å². The van der Waals surface area contributed by atoms with Gasteiger partial charge in [-0.05, 0) is 59.2 Å². The van der Waals surface area contributed by atoms with Crippen LogP contribution in [0.15, 0.2) is 91.0 Å². The molecule has 4 rings (SSSR count). The predicted molar refractivity (Wildman–Crippen MR) is 139 cm³/mol. The molecule has 7 nitrogen and oxygen atoms in total. The van der Waals surface area contributed by atoms with E-state index in [0.717, 1.165) is 22.1 Å². The fourth-order valence-corrected chi connectivity index (χ4v) is 3.71. The van der Waals surface area contributed by atoms with Crippen molar-refractivity contribution < 1.29 is 23.9 Å². The largest absolute Gasteiger partial charge is 0.497 e. The van der Waals surface area contributed by atoms with Crippen LogP contribution in [0.25, 0.3) is 10.8 Å². The Kier molecular flexibility index (Phi) is 7.93. The van der Waals surface area contributed by atoms with Crippen LogP contribution in [0.4, 0.5) is 11.4 Å². The third kappa shape index (κ3) is 6.48.